The van der Waals surface area contributed by atoms with E-state index in [-0.39, 0.29) is 23.7 Å². The van der Waals surface area contributed by atoms with Crippen LogP contribution in [0.15, 0.2) is 12.3 Å². The number of fused-ring (bicyclic) bond motifs is 1. The molecule has 1 amide bonds. The van der Waals surface area contributed by atoms with Gasteiger partial charge >= 0.3 is 5.97 Å². The predicted octanol–water partition coefficient (Wildman–Crippen LogP) is 0.144. The summed E-state index contributed by atoms with van der Waals surface area (Å²) in [5.74, 6) is -0.967. The summed E-state index contributed by atoms with van der Waals surface area (Å²) in [6.07, 6.45) is 1.38. The van der Waals surface area contributed by atoms with Gasteiger partial charge in [0, 0.05) is 6.20 Å². The summed E-state index contributed by atoms with van der Waals surface area (Å²) in [6, 6.07) is 1.34. The summed E-state index contributed by atoms with van der Waals surface area (Å²) in [7, 11) is 0. The van der Waals surface area contributed by atoms with E-state index < -0.39 is 5.97 Å². The van der Waals surface area contributed by atoms with Crippen LogP contribution in [0, 0.1) is 0 Å². The number of carboxylic acid groups (broad SMARTS) is 1. The van der Waals surface area contributed by atoms with Gasteiger partial charge in [0.1, 0.15) is 0 Å². The zero-order valence-electron chi connectivity index (χ0n) is 7.07. The third-order valence-corrected chi connectivity index (χ3v) is 1.86. The van der Waals surface area contributed by atoms with Crippen LogP contribution in [0.25, 0.3) is 0 Å². The minimum atomic E-state index is -1.09. The topological polar surface area (TPSA) is 91.3 Å². The van der Waals surface area contributed by atoms with Crippen molar-refractivity contribution in [3.05, 3.63) is 17.8 Å². The number of hydrogen-bond acceptors (Lipinski definition) is 4. The van der Waals surface area contributed by atoms with Crippen molar-refractivity contribution in [1.82, 2.24) is 4.98 Å². The van der Waals surface area contributed by atoms with Crippen molar-refractivity contribution in [2.45, 2.75) is 0 Å². The number of carboxylic acids is 1. The van der Waals surface area contributed by atoms with Crippen LogP contribution < -0.4 is 10.6 Å². The SMILES string of the molecule is O=C1CNc2nccc(C(=O)O)c2N1. The number of nitrogens with one attached hydrogen (secondary N) is 2. The summed E-state index contributed by atoms with van der Waals surface area (Å²) in [4.78, 5) is 25.7. The van der Waals surface area contributed by atoms with Gasteiger partial charge in [0.15, 0.2) is 5.82 Å². The van der Waals surface area contributed by atoms with E-state index in [1.165, 1.54) is 12.3 Å². The van der Waals surface area contributed by atoms with Crippen LogP contribution in [-0.4, -0.2) is 28.5 Å². The van der Waals surface area contributed by atoms with Gasteiger partial charge in [-0.25, -0.2) is 9.78 Å². The van der Waals surface area contributed by atoms with E-state index in [4.69, 9.17) is 5.11 Å². The Morgan fingerprint density at radius 1 is 1.57 bits per heavy atom. The molecule has 0 spiro atoms. The van der Waals surface area contributed by atoms with Gasteiger partial charge in [-0.2, -0.15) is 0 Å². The number of aromatic nitrogens is 1. The molecule has 2 rings (SSSR count). The lowest BCUT2D eigenvalue weighted by atomic mass is 10.2. The van der Waals surface area contributed by atoms with Crippen LogP contribution in [0.5, 0.6) is 0 Å². The normalized spacial score (nSPS) is 13.9. The first kappa shape index (κ1) is 8.49. The molecule has 0 saturated heterocycles. The Kier molecular flexibility index (Phi) is 1.81. The maximum absolute atomic E-state index is 11.0. The van der Waals surface area contributed by atoms with Crippen LogP contribution in [-0.2, 0) is 4.79 Å². The first-order chi connectivity index (χ1) is 6.68. The Bertz CT molecular complexity index is 416. The second kappa shape index (κ2) is 2.99. The molecule has 1 aliphatic heterocycles. The highest BCUT2D eigenvalue weighted by atomic mass is 16.4. The van der Waals surface area contributed by atoms with Crippen LogP contribution in [0.1, 0.15) is 10.4 Å². The van der Waals surface area contributed by atoms with E-state index >= 15 is 0 Å². The smallest absolute Gasteiger partial charge is 0.338 e. The first-order valence-electron chi connectivity index (χ1n) is 3.94. The number of nitrogens with zero attached hydrogens (tertiary/aromatic N) is 1. The van der Waals surface area contributed by atoms with E-state index in [1.54, 1.807) is 0 Å². The van der Waals surface area contributed by atoms with Gasteiger partial charge < -0.3 is 15.7 Å². The molecule has 6 nitrogen and oxygen atoms in total. The van der Waals surface area contributed by atoms with Crippen molar-refractivity contribution in [2.24, 2.45) is 0 Å². The highest BCUT2D eigenvalue weighted by Gasteiger charge is 2.21. The van der Waals surface area contributed by atoms with Crippen molar-refractivity contribution in [2.75, 3.05) is 17.2 Å². The third kappa shape index (κ3) is 1.26. The fourth-order valence-electron chi connectivity index (χ4n) is 1.25. The van der Waals surface area contributed by atoms with Crippen molar-refractivity contribution in [3.8, 4) is 0 Å². The minimum Gasteiger partial charge on any atom is -0.478 e. The van der Waals surface area contributed by atoms with Gasteiger partial charge in [0.05, 0.1) is 17.8 Å². The van der Waals surface area contributed by atoms with E-state index in [9.17, 15) is 9.59 Å². The third-order valence-electron chi connectivity index (χ3n) is 1.86. The zero-order chi connectivity index (χ0) is 10.1. The molecule has 2 heterocycles. The molecule has 0 bridgehead atoms. The molecule has 0 unspecified atom stereocenters. The highest BCUT2D eigenvalue weighted by molar-refractivity contribution is 6.07. The quantitative estimate of drug-likeness (QED) is 0.590. The zero-order valence-corrected chi connectivity index (χ0v) is 7.07. The molecule has 0 aliphatic carbocycles. The van der Waals surface area contributed by atoms with Crippen LogP contribution in [0.3, 0.4) is 0 Å². The number of carbonyl (C=O) groups excluding carboxylic acids is 1. The molecular weight excluding hydrogens is 186 g/mol. The molecule has 0 fully saturated rings. The van der Waals surface area contributed by atoms with Gasteiger partial charge in [-0.3, -0.25) is 4.79 Å². The van der Waals surface area contributed by atoms with E-state index in [2.05, 4.69) is 15.6 Å². The fraction of sp³-hybridized carbons (Fsp3) is 0.125. The Hall–Kier alpha value is -2.11. The lowest BCUT2D eigenvalue weighted by Crippen LogP contribution is -2.29. The summed E-state index contributed by atoms with van der Waals surface area (Å²) < 4.78 is 0. The highest BCUT2D eigenvalue weighted by Crippen LogP contribution is 2.25. The maximum atomic E-state index is 11.0. The Morgan fingerprint density at radius 3 is 3.07 bits per heavy atom. The molecule has 1 aromatic rings. The van der Waals surface area contributed by atoms with E-state index in [0.717, 1.165) is 0 Å². The van der Waals surface area contributed by atoms with Crippen LogP contribution in [0.4, 0.5) is 11.5 Å². The first-order valence-corrected chi connectivity index (χ1v) is 3.94. The molecule has 0 saturated carbocycles. The maximum Gasteiger partial charge on any atom is 0.338 e. The number of hydrogen-bond donors (Lipinski definition) is 3. The van der Waals surface area contributed by atoms with Gasteiger partial charge in [-0.15, -0.1) is 0 Å². The van der Waals surface area contributed by atoms with E-state index in [1.807, 2.05) is 0 Å². The molecule has 0 radical (unpaired) electrons. The fourth-order valence-corrected chi connectivity index (χ4v) is 1.25. The van der Waals surface area contributed by atoms with Gasteiger partial charge in [-0.05, 0) is 6.07 Å². The van der Waals surface area contributed by atoms with Gasteiger partial charge in [-0.1, -0.05) is 0 Å². The summed E-state index contributed by atoms with van der Waals surface area (Å²) >= 11 is 0. The average molecular weight is 193 g/mol. The monoisotopic (exact) mass is 193 g/mol. The number of amides is 1. The average Bonchev–Trinajstić information content (AvgIpc) is 2.16. The standard InChI is InChI=1S/C8H7N3O3/c12-5-3-10-7-6(11-5)4(8(13)14)1-2-9-7/h1-2H,3H2,(H,9,10)(H,11,12)(H,13,14). The van der Waals surface area contributed by atoms with Gasteiger partial charge in [0.2, 0.25) is 5.91 Å². The van der Waals surface area contributed by atoms with Crippen molar-refractivity contribution in [1.29, 1.82) is 0 Å². The molecule has 0 aromatic carbocycles. The van der Waals surface area contributed by atoms with Crippen LogP contribution in [0.2, 0.25) is 0 Å². The molecule has 72 valence electrons. The number of carbonyl (C=O) groups is 2. The summed E-state index contributed by atoms with van der Waals surface area (Å²) in [5, 5.41) is 14.0. The molecule has 14 heavy (non-hydrogen) atoms. The Balaban J connectivity index is 2.54. The van der Waals surface area contributed by atoms with Gasteiger partial charge in [0.25, 0.3) is 0 Å². The molecule has 0 atom stereocenters. The van der Waals surface area contributed by atoms with Crippen LogP contribution >= 0.6 is 0 Å². The largest absolute Gasteiger partial charge is 0.478 e. The number of anilines is 2. The summed E-state index contributed by atoms with van der Waals surface area (Å²) in [5.41, 5.74) is 0.270. The number of pyridine rings is 1. The lowest BCUT2D eigenvalue weighted by molar-refractivity contribution is -0.114. The molecule has 6 heteroatoms. The molecule has 3 N–H and O–H groups in total. The van der Waals surface area contributed by atoms with E-state index in [0.29, 0.717) is 5.82 Å². The van der Waals surface area contributed by atoms with Crippen molar-refractivity contribution in [3.63, 3.8) is 0 Å². The molecule has 1 aliphatic rings. The Morgan fingerprint density at radius 2 is 2.36 bits per heavy atom. The molecular formula is C8H7N3O3. The number of aromatic carboxylic acids is 1. The molecule has 1 aromatic heterocycles. The Labute approximate surface area is 79.0 Å². The second-order valence-corrected chi connectivity index (χ2v) is 2.79. The second-order valence-electron chi connectivity index (χ2n) is 2.79. The van der Waals surface area contributed by atoms with Crippen molar-refractivity contribution < 1.29 is 14.7 Å². The summed E-state index contributed by atoms with van der Waals surface area (Å²) in [6.45, 7) is 0.114. The predicted molar refractivity (Wildman–Crippen MR) is 48.3 cm³/mol. The number of rotatable bonds is 1. The minimum absolute atomic E-state index is 0.0375. The van der Waals surface area contributed by atoms with Crippen molar-refractivity contribution >= 4 is 23.4 Å². The lowest BCUT2D eigenvalue weighted by Gasteiger charge is -2.18.